The molecule has 0 unspecified atom stereocenters. The second kappa shape index (κ2) is 9.29. The van der Waals surface area contributed by atoms with Gasteiger partial charge in [0, 0.05) is 40.5 Å². The highest BCUT2D eigenvalue weighted by Crippen LogP contribution is 2.34. The molecule has 8 heteroatoms. The first-order chi connectivity index (χ1) is 16.9. The molecule has 35 heavy (non-hydrogen) atoms. The van der Waals surface area contributed by atoms with Gasteiger partial charge in [-0.25, -0.2) is 0 Å². The van der Waals surface area contributed by atoms with E-state index in [1.807, 2.05) is 30.7 Å². The lowest BCUT2D eigenvalue weighted by atomic mass is 10.0. The predicted octanol–water partition coefficient (Wildman–Crippen LogP) is 4.26. The number of nitrogens with one attached hydrogen (secondary N) is 2. The van der Waals surface area contributed by atoms with Crippen LogP contribution in [0.4, 0.5) is 0 Å². The minimum Gasteiger partial charge on any atom is -0.348 e. The summed E-state index contributed by atoms with van der Waals surface area (Å²) >= 11 is 0. The van der Waals surface area contributed by atoms with Gasteiger partial charge in [0.2, 0.25) is 0 Å². The quantitative estimate of drug-likeness (QED) is 0.410. The molecule has 1 aliphatic rings. The van der Waals surface area contributed by atoms with E-state index in [1.54, 1.807) is 24.4 Å². The van der Waals surface area contributed by atoms with Crippen molar-refractivity contribution in [2.24, 2.45) is 0 Å². The lowest BCUT2D eigenvalue weighted by Crippen LogP contribution is -2.28. The van der Waals surface area contributed by atoms with Crippen LogP contribution in [0.5, 0.6) is 0 Å². The number of aldehydes is 1. The van der Waals surface area contributed by atoms with Crippen LogP contribution >= 0.6 is 0 Å². The summed E-state index contributed by atoms with van der Waals surface area (Å²) in [4.78, 5) is 44.1. The summed E-state index contributed by atoms with van der Waals surface area (Å²) in [6, 6.07) is 9.49. The molecule has 3 aromatic heterocycles. The number of benzene rings is 1. The second-order valence-corrected chi connectivity index (χ2v) is 9.20. The molecule has 2 N–H and O–H groups in total. The Morgan fingerprint density at radius 3 is 2.66 bits per heavy atom. The molecule has 1 amide bonds. The van der Waals surface area contributed by atoms with Crippen LogP contribution in [-0.2, 0) is 6.54 Å². The molecule has 0 aliphatic heterocycles. The molecule has 1 saturated carbocycles. The monoisotopic (exact) mass is 469 g/mol. The number of fused-ring (bicyclic) bond motifs is 1. The van der Waals surface area contributed by atoms with Gasteiger partial charge in [0.05, 0.1) is 29.0 Å². The number of aromatic nitrogens is 4. The van der Waals surface area contributed by atoms with Crippen molar-refractivity contribution in [1.29, 1.82) is 0 Å². The zero-order valence-corrected chi connectivity index (χ0v) is 19.8. The first-order valence-electron chi connectivity index (χ1n) is 11.8. The van der Waals surface area contributed by atoms with E-state index in [2.05, 4.69) is 20.4 Å². The Hall–Kier alpha value is -4.07. The third-order valence-corrected chi connectivity index (χ3v) is 6.77. The molecule has 178 valence electrons. The predicted molar refractivity (Wildman–Crippen MR) is 134 cm³/mol. The van der Waals surface area contributed by atoms with Crippen molar-refractivity contribution in [3.63, 3.8) is 0 Å². The first kappa shape index (κ1) is 22.7. The average molecular weight is 470 g/mol. The van der Waals surface area contributed by atoms with Crippen molar-refractivity contribution in [3.8, 4) is 11.3 Å². The number of aromatic amines is 1. The van der Waals surface area contributed by atoms with Crippen molar-refractivity contribution in [3.05, 3.63) is 81.0 Å². The molecule has 4 aromatic rings. The fourth-order valence-electron chi connectivity index (χ4n) is 4.93. The Kier molecular flexibility index (Phi) is 6.03. The van der Waals surface area contributed by atoms with Gasteiger partial charge in [-0.05, 0) is 62.6 Å². The van der Waals surface area contributed by atoms with Gasteiger partial charge in [0.25, 0.3) is 11.5 Å². The van der Waals surface area contributed by atoms with Crippen molar-refractivity contribution in [2.45, 2.75) is 52.1 Å². The van der Waals surface area contributed by atoms with E-state index in [1.165, 1.54) is 6.20 Å². The number of hydrogen-bond acceptors (Lipinski definition) is 5. The largest absolute Gasteiger partial charge is 0.348 e. The lowest BCUT2D eigenvalue weighted by Gasteiger charge is -2.14. The molecular formula is C27H27N5O3. The molecule has 1 fully saturated rings. The number of pyridine rings is 2. The number of carbonyl (C=O) groups excluding carboxylic acids is 2. The Balaban J connectivity index is 1.55. The van der Waals surface area contributed by atoms with Crippen molar-refractivity contribution < 1.29 is 9.59 Å². The molecule has 8 nitrogen and oxygen atoms in total. The van der Waals surface area contributed by atoms with Crippen LogP contribution in [0.1, 0.15) is 69.3 Å². The van der Waals surface area contributed by atoms with E-state index in [9.17, 15) is 14.4 Å². The van der Waals surface area contributed by atoms with Gasteiger partial charge in [-0.2, -0.15) is 5.10 Å². The number of nitrogens with zero attached hydrogens (tertiary/aromatic N) is 3. The lowest BCUT2D eigenvalue weighted by molar-refractivity contribution is 0.0952. The minimum absolute atomic E-state index is 0.120. The maximum Gasteiger partial charge on any atom is 0.253 e. The van der Waals surface area contributed by atoms with Crippen LogP contribution < -0.4 is 10.9 Å². The van der Waals surface area contributed by atoms with Gasteiger partial charge in [0.1, 0.15) is 0 Å². The normalized spacial score (nSPS) is 13.9. The molecule has 0 bridgehead atoms. The van der Waals surface area contributed by atoms with Gasteiger partial charge in [-0.1, -0.05) is 12.8 Å². The molecule has 1 aliphatic carbocycles. The van der Waals surface area contributed by atoms with Gasteiger partial charge >= 0.3 is 0 Å². The molecule has 5 rings (SSSR count). The van der Waals surface area contributed by atoms with Crippen LogP contribution in [0.15, 0.2) is 47.5 Å². The maximum absolute atomic E-state index is 13.4. The molecule has 0 saturated heterocycles. The Morgan fingerprint density at radius 1 is 1.17 bits per heavy atom. The standard InChI is InChI=1S/C27H27N5O3/c1-16-9-17(2)31-27(35)22(16)13-29-26(34)21-10-19(24-8-7-18(15-33)12-28-24)11-25-23(21)14-30-32(25)20-5-3-4-6-20/h7-12,14-15,20H,3-6,13H2,1-2H3,(H,29,34)(H,31,35). The molecule has 0 radical (unpaired) electrons. The summed E-state index contributed by atoms with van der Waals surface area (Å²) in [7, 11) is 0. The summed E-state index contributed by atoms with van der Waals surface area (Å²) in [6.45, 7) is 3.81. The van der Waals surface area contributed by atoms with Crippen molar-refractivity contribution in [1.82, 2.24) is 25.1 Å². The smallest absolute Gasteiger partial charge is 0.253 e. The Labute approximate surface area is 202 Å². The van der Waals surface area contributed by atoms with Crippen LogP contribution in [0.3, 0.4) is 0 Å². The zero-order valence-electron chi connectivity index (χ0n) is 19.8. The fraction of sp³-hybridized carbons (Fsp3) is 0.296. The molecule has 0 spiro atoms. The number of carbonyl (C=O) groups is 2. The van der Waals surface area contributed by atoms with Gasteiger partial charge in [-0.15, -0.1) is 0 Å². The van der Waals surface area contributed by atoms with E-state index < -0.39 is 0 Å². The maximum atomic E-state index is 13.4. The zero-order chi connectivity index (χ0) is 24.5. The Bertz CT molecular complexity index is 1480. The minimum atomic E-state index is -0.285. The number of H-pyrrole nitrogens is 1. The average Bonchev–Trinajstić information content (AvgIpc) is 3.52. The summed E-state index contributed by atoms with van der Waals surface area (Å²) in [6.07, 6.45) is 8.47. The summed E-state index contributed by atoms with van der Waals surface area (Å²) in [5.74, 6) is -0.285. The number of rotatable bonds is 6. The molecule has 0 atom stereocenters. The fourth-order valence-corrected chi connectivity index (χ4v) is 4.93. The number of amides is 1. The highest BCUT2D eigenvalue weighted by Gasteiger charge is 2.23. The summed E-state index contributed by atoms with van der Waals surface area (Å²) in [5, 5.41) is 8.34. The summed E-state index contributed by atoms with van der Waals surface area (Å²) < 4.78 is 2.03. The third-order valence-electron chi connectivity index (χ3n) is 6.77. The molecular weight excluding hydrogens is 442 g/mol. The van der Waals surface area contributed by atoms with Crippen LogP contribution in [-0.4, -0.2) is 31.9 Å². The van der Waals surface area contributed by atoms with E-state index in [0.29, 0.717) is 28.4 Å². The highest BCUT2D eigenvalue weighted by atomic mass is 16.2. The summed E-state index contributed by atoms with van der Waals surface area (Å²) in [5.41, 5.74) is 5.22. The SMILES string of the molecule is Cc1cc(C)c(CNC(=O)c2cc(-c3ccc(C=O)cn3)cc3c2cnn3C2CCCC2)c(=O)[nH]1. The number of aryl methyl sites for hydroxylation is 2. The van der Waals surface area contributed by atoms with Gasteiger partial charge < -0.3 is 10.3 Å². The van der Waals surface area contributed by atoms with Crippen LogP contribution in [0.2, 0.25) is 0 Å². The molecule has 3 heterocycles. The topological polar surface area (TPSA) is 110 Å². The second-order valence-electron chi connectivity index (χ2n) is 9.20. The van der Waals surface area contributed by atoms with Crippen LogP contribution in [0.25, 0.3) is 22.2 Å². The first-order valence-corrected chi connectivity index (χ1v) is 11.8. The third kappa shape index (κ3) is 4.39. The van der Waals surface area contributed by atoms with Gasteiger partial charge in [0.15, 0.2) is 6.29 Å². The molecule has 1 aromatic carbocycles. The highest BCUT2D eigenvalue weighted by molar-refractivity contribution is 6.07. The van der Waals surface area contributed by atoms with E-state index in [0.717, 1.165) is 59.7 Å². The number of hydrogen-bond donors (Lipinski definition) is 2. The van der Waals surface area contributed by atoms with E-state index in [4.69, 9.17) is 0 Å². The van der Waals surface area contributed by atoms with E-state index in [-0.39, 0.29) is 18.0 Å². The Morgan fingerprint density at radius 2 is 1.97 bits per heavy atom. The van der Waals surface area contributed by atoms with Crippen molar-refractivity contribution >= 4 is 23.1 Å². The van der Waals surface area contributed by atoms with E-state index >= 15 is 0 Å². The van der Waals surface area contributed by atoms with Crippen molar-refractivity contribution in [2.75, 3.05) is 0 Å². The van der Waals surface area contributed by atoms with Crippen LogP contribution in [0, 0.1) is 13.8 Å². The van der Waals surface area contributed by atoms with Gasteiger partial charge in [-0.3, -0.25) is 24.0 Å².